The van der Waals surface area contributed by atoms with Gasteiger partial charge < -0.3 is 42.9 Å². The van der Waals surface area contributed by atoms with Gasteiger partial charge in [0.05, 0.1) is 47.9 Å². The lowest BCUT2D eigenvalue weighted by molar-refractivity contribution is -0.903. The van der Waals surface area contributed by atoms with Crippen molar-refractivity contribution >= 4 is 57.1 Å². The van der Waals surface area contributed by atoms with E-state index in [4.69, 9.17) is 0 Å². The Morgan fingerprint density at radius 1 is 0.304 bits per heavy atom. The number of carbonyl (C=O) groups excluding carboxylic acids is 4. The van der Waals surface area contributed by atoms with Crippen LogP contribution >= 0.6 is 34.0 Å². The third kappa shape index (κ3) is 19.8. The fourth-order valence-electron chi connectivity index (χ4n) is 9.53. The molecule has 0 saturated heterocycles. The normalized spacial score (nSPS) is 11.1. The van der Waals surface area contributed by atoms with Gasteiger partial charge >= 0.3 is 0 Å². The highest BCUT2D eigenvalue weighted by Gasteiger charge is 2.24. The molecule has 0 amide bonds. The molecule has 0 aliphatic rings. The maximum absolute atomic E-state index is 13.3. The zero-order valence-corrected chi connectivity index (χ0v) is 52.2. The highest BCUT2D eigenvalue weighted by atomic mass is 79.9. The molecule has 8 nitrogen and oxygen atoms in total. The number of halogens is 4. The van der Waals surface area contributed by atoms with E-state index in [-0.39, 0.29) is 91.1 Å². The summed E-state index contributed by atoms with van der Waals surface area (Å²) in [5.74, 6) is 0.0881. The minimum absolute atomic E-state index is 0. The average molecular weight is 1320 g/mol. The molecule has 12 heteroatoms. The number of hydrogen-bond donors (Lipinski definition) is 0. The number of likely N-dealkylation sites (N-methyl/N-ethyl adjacent to an activating group) is 2. The second-order valence-electron chi connectivity index (χ2n) is 21.1. The molecule has 0 unspecified atom stereocenters. The Morgan fingerprint density at radius 2 is 0.519 bits per heavy atom. The van der Waals surface area contributed by atoms with Gasteiger partial charge in [-0.2, -0.15) is 0 Å². The smallest absolute Gasteiger partial charge is 0.193 e. The molecule has 8 rings (SSSR count). The first-order valence-electron chi connectivity index (χ1n) is 26.1. The largest absolute Gasteiger partial charge is 1.00 e. The predicted octanol–water partition coefficient (Wildman–Crippen LogP) is 6.67. The summed E-state index contributed by atoms with van der Waals surface area (Å²) >= 11 is 0. The van der Waals surface area contributed by atoms with Gasteiger partial charge in [-0.05, 0) is 24.0 Å². The molecule has 79 heavy (non-hydrogen) atoms. The lowest BCUT2D eigenvalue weighted by Crippen LogP contribution is -3.00. The Morgan fingerprint density at radius 3 is 0.759 bits per heavy atom. The summed E-state index contributed by atoms with van der Waals surface area (Å²) in [6.45, 7) is 7.50. The molecule has 0 heterocycles. The van der Waals surface area contributed by atoms with Crippen LogP contribution in [0.25, 0.3) is 0 Å². The number of hydrogen-bond acceptors (Lipinski definition) is 6. The van der Waals surface area contributed by atoms with E-state index >= 15 is 0 Å². The van der Waals surface area contributed by atoms with Crippen LogP contribution < -0.4 is 34.0 Å². The van der Waals surface area contributed by atoms with Crippen molar-refractivity contribution in [2.45, 2.75) is 25.9 Å². The highest BCUT2D eigenvalue weighted by molar-refractivity contribution is 8.93. The number of rotatable bonds is 26. The van der Waals surface area contributed by atoms with E-state index < -0.39 is 0 Å². The molecule has 0 radical (unpaired) electrons. The highest BCUT2D eigenvalue weighted by Crippen LogP contribution is 2.19. The molecular weight excluding hydrogens is 1240 g/mol. The van der Waals surface area contributed by atoms with Gasteiger partial charge in [0.15, 0.2) is 23.1 Å². The SMILES string of the molecule is Br.Br.C[N+](C)(CCN(CCc1ccc(C(=O)c2ccccc2)cc1)CN(CCc1ccc(C(=O)c2ccccc2)cc1)CC[N+](C)(C)Cc1ccc(C(=O)c2ccccc2)cc1)Cc1ccc(C(=O)c2ccccc2)cc1.[Br-].[Br-]. The van der Waals surface area contributed by atoms with Crippen molar-refractivity contribution in [2.75, 3.05) is 74.1 Å². The molecule has 412 valence electrons. The molecule has 0 spiro atoms. The van der Waals surface area contributed by atoms with E-state index in [1.165, 1.54) is 22.3 Å². The summed E-state index contributed by atoms with van der Waals surface area (Å²) in [6, 6.07) is 70.0. The summed E-state index contributed by atoms with van der Waals surface area (Å²) in [6.07, 6.45) is 1.64. The van der Waals surface area contributed by atoms with Crippen LogP contribution in [0.5, 0.6) is 0 Å². The van der Waals surface area contributed by atoms with Gasteiger partial charge in [-0.3, -0.25) is 29.0 Å². The van der Waals surface area contributed by atoms with Crippen LogP contribution in [0.1, 0.15) is 85.9 Å². The second kappa shape index (κ2) is 31.8. The van der Waals surface area contributed by atoms with E-state index in [0.717, 1.165) is 80.8 Å². The Labute approximate surface area is 510 Å². The van der Waals surface area contributed by atoms with Crippen molar-refractivity contribution in [3.8, 4) is 0 Å². The molecule has 8 aromatic carbocycles. The standard InChI is InChI=1S/C67H70N4O4.4BrH/c1-70(2,49-54-29-37-62(38-30-54)66(74)58-21-13-7-14-22-58)47-45-68(43-41-52-25-33-60(34-26-52)64(72)56-17-9-5-10-18-56)51-69(44-42-53-27-35-61(36-28-53)65(73)57-19-11-6-12-20-57)46-48-71(3,4)50-55-31-39-63(40-32-55)67(75)59-23-15-8-16-24-59;;;;/h5-40H,41-51H2,1-4H3;4*1H/q+2;;;;/p-2. The monoisotopic (exact) mass is 1310 g/mol. The Balaban J connectivity index is 0.00000336. The van der Waals surface area contributed by atoms with E-state index in [1.54, 1.807) is 0 Å². The van der Waals surface area contributed by atoms with Gasteiger partial charge in [0, 0.05) is 81.8 Å². The van der Waals surface area contributed by atoms with Crippen molar-refractivity contribution in [1.29, 1.82) is 0 Å². The predicted molar refractivity (Wildman–Crippen MR) is 323 cm³/mol. The van der Waals surface area contributed by atoms with Gasteiger partial charge in [0.2, 0.25) is 0 Å². The van der Waals surface area contributed by atoms with Crippen LogP contribution in [0.3, 0.4) is 0 Å². The quantitative estimate of drug-likeness (QED) is 0.0343. The van der Waals surface area contributed by atoms with E-state index in [1.807, 2.05) is 170 Å². The molecule has 0 atom stereocenters. The lowest BCUT2D eigenvalue weighted by atomic mass is 10.0. The van der Waals surface area contributed by atoms with E-state index in [0.29, 0.717) is 44.5 Å². The number of quaternary nitrogens is 2. The summed E-state index contributed by atoms with van der Waals surface area (Å²) in [5, 5.41) is 0. The molecule has 8 aromatic rings. The average Bonchev–Trinajstić information content (AvgIpc) is 3.45. The molecule has 0 aliphatic carbocycles. The van der Waals surface area contributed by atoms with Crippen molar-refractivity contribution in [1.82, 2.24) is 9.80 Å². The summed E-state index contributed by atoms with van der Waals surface area (Å²) in [4.78, 5) is 58.1. The molecule has 0 bridgehead atoms. The third-order valence-electron chi connectivity index (χ3n) is 14.1. The Kier molecular flexibility index (Phi) is 26.5. The number of nitrogens with zero attached hydrogens (tertiary/aromatic N) is 4. The van der Waals surface area contributed by atoms with E-state index in [9.17, 15) is 19.2 Å². The van der Waals surface area contributed by atoms with Crippen molar-refractivity contribution in [2.24, 2.45) is 0 Å². The van der Waals surface area contributed by atoms with Crippen LogP contribution in [0.4, 0.5) is 0 Å². The van der Waals surface area contributed by atoms with Crippen LogP contribution in [-0.2, 0) is 25.9 Å². The molecule has 0 saturated carbocycles. The van der Waals surface area contributed by atoms with Crippen LogP contribution in [-0.4, -0.2) is 116 Å². The van der Waals surface area contributed by atoms with Crippen LogP contribution in [0.15, 0.2) is 218 Å². The second-order valence-corrected chi connectivity index (χ2v) is 21.1. The lowest BCUT2D eigenvalue weighted by Gasteiger charge is -2.37. The van der Waals surface area contributed by atoms with E-state index in [2.05, 4.69) is 86.5 Å². The number of benzene rings is 8. The van der Waals surface area contributed by atoms with Gasteiger partial charge in [0.1, 0.15) is 13.1 Å². The minimum Gasteiger partial charge on any atom is -1.00 e. The van der Waals surface area contributed by atoms with Crippen LogP contribution in [0.2, 0.25) is 0 Å². The minimum atomic E-state index is 0. The molecule has 0 fully saturated rings. The van der Waals surface area contributed by atoms with Gasteiger partial charge in [-0.25, -0.2) is 0 Å². The zero-order valence-electron chi connectivity index (χ0n) is 45.6. The zero-order chi connectivity index (χ0) is 52.6. The van der Waals surface area contributed by atoms with Gasteiger partial charge in [-0.15, -0.1) is 34.0 Å². The summed E-state index contributed by atoms with van der Waals surface area (Å²) in [5.41, 5.74) is 10.2. The van der Waals surface area contributed by atoms with Crippen molar-refractivity contribution in [3.63, 3.8) is 0 Å². The molecule has 0 N–H and O–H groups in total. The fourth-order valence-corrected chi connectivity index (χ4v) is 9.53. The maximum atomic E-state index is 13.3. The van der Waals surface area contributed by atoms with Gasteiger partial charge in [0.25, 0.3) is 0 Å². The topological polar surface area (TPSA) is 74.8 Å². The fraction of sp³-hybridized carbons (Fsp3) is 0.224. The Bertz CT molecular complexity index is 2910. The first-order valence-corrected chi connectivity index (χ1v) is 26.1. The maximum Gasteiger partial charge on any atom is 0.193 e. The first kappa shape index (κ1) is 65.7. The first-order chi connectivity index (χ1) is 36.3. The number of carbonyl (C=O) groups is 4. The molecule has 0 aromatic heterocycles. The third-order valence-corrected chi connectivity index (χ3v) is 14.1. The van der Waals surface area contributed by atoms with Crippen molar-refractivity contribution < 1.29 is 62.1 Å². The van der Waals surface area contributed by atoms with Crippen molar-refractivity contribution in [3.05, 3.63) is 285 Å². The number of ketones is 4. The summed E-state index contributed by atoms with van der Waals surface area (Å²) < 4.78 is 1.51. The summed E-state index contributed by atoms with van der Waals surface area (Å²) in [7, 11) is 9.10. The molecule has 0 aliphatic heterocycles. The van der Waals surface area contributed by atoms with Crippen LogP contribution in [0, 0.1) is 0 Å². The Hall–Kier alpha value is -5.80. The van der Waals surface area contributed by atoms with Gasteiger partial charge in [-0.1, -0.05) is 218 Å². The molecular formula is C67H72Br4N4O4.